The maximum absolute atomic E-state index is 12.1. The number of carbonyl (C=O) groups is 1. The molecule has 1 aliphatic heterocycles. The lowest BCUT2D eigenvalue weighted by atomic mass is 10.1. The first kappa shape index (κ1) is 15.4. The van der Waals surface area contributed by atoms with Gasteiger partial charge in [0.25, 0.3) is 5.91 Å². The molecule has 1 aliphatic rings. The van der Waals surface area contributed by atoms with E-state index in [2.05, 4.69) is 39.2 Å². The van der Waals surface area contributed by atoms with Crippen LogP contribution in [0, 0.1) is 0 Å². The molecule has 6 nitrogen and oxygen atoms in total. The summed E-state index contributed by atoms with van der Waals surface area (Å²) >= 11 is 0. The van der Waals surface area contributed by atoms with Crippen molar-refractivity contribution in [2.24, 2.45) is 0 Å². The third-order valence-electron chi connectivity index (χ3n) is 3.93. The van der Waals surface area contributed by atoms with Crippen molar-refractivity contribution in [3.63, 3.8) is 0 Å². The zero-order chi connectivity index (χ0) is 16.2. The zero-order valence-electron chi connectivity index (χ0n) is 13.3. The Hall–Kier alpha value is -2.47. The molecule has 1 aromatic heterocycles. The third kappa shape index (κ3) is 3.17. The minimum atomic E-state index is -0.217. The molecule has 0 aliphatic carbocycles. The van der Waals surface area contributed by atoms with Gasteiger partial charge >= 0.3 is 0 Å². The molecule has 0 saturated heterocycles. The zero-order valence-corrected chi connectivity index (χ0v) is 13.3. The van der Waals surface area contributed by atoms with Crippen LogP contribution in [0.25, 0.3) is 0 Å². The molecule has 3 rings (SSSR count). The van der Waals surface area contributed by atoms with Gasteiger partial charge in [0.1, 0.15) is 17.8 Å². The summed E-state index contributed by atoms with van der Waals surface area (Å²) in [6.45, 7) is 3.08. The van der Waals surface area contributed by atoms with Crippen LogP contribution in [0.4, 0.5) is 11.5 Å². The number of benzene rings is 1. The standard InChI is InChI=1S/C17H20N4O2/c1-12-9-13-5-3-4-6-15(13)21(12)16-10-14(19-11-20-16)17(22)18-7-8-23-2/h3-6,10-12H,7-9H2,1-2H3,(H,18,22). The first-order valence-corrected chi connectivity index (χ1v) is 7.67. The number of hydrogen-bond donors (Lipinski definition) is 1. The highest BCUT2D eigenvalue weighted by molar-refractivity contribution is 5.93. The fourth-order valence-electron chi connectivity index (χ4n) is 2.87. The van der Waals surface area contributed by atoms with Crippen LogP contribution in [0.3, 0.4) is 0 Å². The Morgan fingerprint density at radius 1 is 1.39 bits per heavy atom. The molecule has 1 N–H and O–H groups in total. The van der Waals surface area contributed by atoms with Crippen molar-refractivity contribution in [1.29, 1.82) is 0 Å². The summed E-state index contributed by atoms with van der Waals surface area (Å²) in [6, 6.07) is 10.3. The van der Waals surface area contributed by atoms with E-state index in [4.69, 9.17) is 4.74 Å². The molecule has 1 unspecified atom stereocenters. The van der Waals surface area contributed by atoms with E-state index < -0.39 is 0 Å². The van der Waals surface area contributed by atoms with Crippen molar-refractivity contribution < 1.29 is 9.53 Å². The normalized spacial score (nSPS) is 16.3. The van der Waals surface area contributed by atoms with Crippen molar-refractivity contribution in [3.05, 3.63) is 47.9 Å². The van der Waals surface area contributed by atoms with Crippen LogP contribution < -0.4 is 10.2 Å². The monoisotopic (exact) mass is 312 g/mol. The van der Waals surface area contributed by atoms with E-state index >= 15 is 0 Å². The van der Waals surface area contributed by atoms with Crippen molar-refractivity contribution in [2.75, 3.05) is 25.2 Å². The van der Waals surface area contributed by atoms with Gasteiger partial charge in [-0.1, -0.05) is 18.2 Å². The highest BCUT2D eigenvalue weighted by Gasteiger charge is 2.28. The van der Waals surface area contributed by atoms with Gasteiger partial charge in [-0.15, -0.1) is 0 Å². The fourth-order valence-corrected chi connectivity index (χ4v) is 2.87. The lowest BCUT2D eigenvalue weighted by molar-refractivity contribution is 0.0932. The van der Waals surface area contributed by atoms with Gasteiger partial charge in [0, 0.05) is 31.5 Å². The molecule has 1 amide bonds. The Labute approximate surface area is 135 Å². The van der Waals surface area contributed by atoms with Gasteiger partial charge in [0.15, 0.2) is 0 Å². The largest absolute Gasteiger partial charge is 0.383 e. The number of amides is 1. The van der Waals surface area contributed by atoms with Gasteiger partial charge < -0.3 is 15.0 Å². The number of hydrogen-bond acceptors (Lipinski definition) is 5. The molecular formula is C17H20N4O2. The molecule has 120 valence electrons. The number of nitrogens with one attached hydrogen (secondary N) is 1. The number of aromatic nitrogens is 2. The van der Waals surface area contributed by atoms with Crippen LogP contribution in [-0.2, 0) is 11.2 Å². The summed E-state index contributed by atoms with van der Waals surface area (Å²) in [5.74, 6) is 0.528. The summed E-state index contributed by atoms with van der Waals surface area (Å²) in [5, 5.41) is 2.78. The molecule has 0 bridgehead atoms. The van der Waals surface area contributed by atoms with Crippen LogP contribution in [0.15, 0.2) is 36.7 Å². The Morgan fingerprint density at radius 2 is 2.22 bits per heavy atom. The van der Waals surface area contributed by atoms with Crippen LogP contribution in [0.2, 0.25) is 0 Å². The van der Waals surface area contributed by atoms with E-state index in [9.17, 15) is 4.79 Å². The van der Waals surface area contributed by atoms with Gasteiger partial charge in [0.2, 0.25) is 0 Å². The lowest BCUT2D eigenvalue weighted by Crippen LogP contribution is -2.29. The highest BCUT2D eigenvalue weighted by atomic mass is 16.5. The van der Waals surface area contributed by atoms with Crippen LogP contribution in [-0.4, -0.2) is 42.2 Å². The van der Waals surface area contributed by atoms with E-state index in [1.54, 1.807) is 13.2 Å². The lowest BCUT2D eigenvalue weighted by Gasteiger charge is -2.23. The minimum Gasteiger partial charge on any atom is -0.383 e. The fraction of sp³-hybridized carbons (Fsp3) is 0.353. The highest BCUT2D eigenvalue weighted by Crippen LogP contribution is 2.36. The molecule has 2 heterocycles. The van der Waals surface area contributed by atoms with Gasteiger partial charge in [0.05, 0.1) is 6.61 Å². The topological polar surface area (TPSA) is 67.3 Å². The maximum Gasteiger partial charge on any atom is 0.270 e. The first-order chi connectivity index (χ1) is 11.2. The first-order valence-electron chi connectivity index (χ1n) is 7.67. The van der Waals surface area contributed by atoms with Crippen LogP contribution in [0.1, 0.15) is 23.0 Å². The summed E-state index contributed by atoms with van der Waals surface area (Å²) in [5.41, 5.74) is 2.80. The molecule has 0 saturated carbocycles. The second kappa shape index (κ2) is 6.75. The van der Waals surface area contributed by atoms with Gasteiger partial charge in [-0.2, -0.15) is 0 Å². The predicted octanol–water partition coefficient (Wildman–Crippen LogP) is 1.94. The van der Waals surface area contributed by atoms with Gasteiger partial charge in [-0.25, -0.2) is 9.97 Å². The summed E-state index contributed by atoms with van der Waals surface area (Å²) < 4.78 is 4.93. The molecule has 6 heteroatoms. The molecule has 1 aromatic carbocycles. The average molecular weight is 312 g/mol. The van der Waals surface area contributed by atoms with Crippen molar-refractivity contribution in [2.45, 2.75) is 19.4 Å². The van der Waals surface area contributed by atoms with Crippen molar-refractivity contribution in [1.82, 2.24) is 15.3 Å². The van der Waals surface area contributed by atoms with Crippen molar-refractivity contribution in [3.8, 4) is 0 Å². The van der Waals surface area contributed by atoms with E-state index in [0.717, 1.165) is 17.9 Å². The number of carbonyl (C=O) groups excluding carboxylic acids is 1. The quantitative estimate of drug-likeness (QED) is 0.855. The SMILES string of the molecule is COCCNC(=O)c1cc(N2c3ccccc3CC2C)ncn1. The third-order valence-corrected chi connectivity index (χ3v) is 3.93. The van der Waals surface area contributed by atoms with Crippen molar-refractivity contribution >= 4 is 17.4 Å². The number of methoxy groups -OCH3 is 1. The van der Waals surface area contributed by atoms with Crippen LogP contribution in [0.5, 0.6) is 0 Å². The number of rotatable bonds is 5. The summed E-state index contributed by atoms with van der Waals surface area (Å²) in [6.07, 6.45) is 2.41. The summed E-state index contributed by atoms with van der Waals surface area (Å²) in [4.78, 5) is 22.7. The second-order valence-corrected chi connectivity index (χ2v) is 5.56. The number of ether oxygens (including phenoxy) is 1. The number of fused-ring (bicyclic) bond motifs is 1. The molecule has 1 atom stereocenters. The molecular weight excluding hydrogens is 292 g/mol. The van der Waals surface area contributed by atoms with Gasteiger partial charge in [-0.3, -0.25) is 4.79 Å². The molecule has 2 aromatic rings. The van der Waals surface area contributed by atoms with Gasteiger partial charge in [-0.05, 0) is 25.0 Å². The maximum atomic E-state index is 12.1. The van der Waals surface area contributed by atoms with Crippen LogP contribution >= 0.6 is 0 Å². The Bertz CT molecular complexity index is 704. The number of nitrogens with zero attached hydrogens (tertiary/aromatic N) is 3. The molecule has 23 heavy (non-hydrogen) atoms. The Kier molecular flexibility index (Phi) is 4.52. The molecule has 0 spiro atoms. The number of anilines is 2. The molecule has 0 radical (unpaired) electrons. The Morgan fingerprint density at radius 3 is 3.04 bits per heavy atom. The molecule has 0 fully saturated rings. The second-order valence-electron chi connectivity index (χ2n) is 5.56. The van der Waals surface area contributed by atoms with E-state index in [1.165, 1.54) is 11.9 Å². The smallest absolute Gasteiger partial charge is 0.270 e. The minimum absolute atomic E-state index is 0.217. The van der Waals surface area contributed by atoms with E-state index in [0.29, 0.717) is 24.9 Å². The Balaban J connectivity index is 1.84. The average Bonchev–Trinajstić information content (AvgIpc) is 2.91. The van der Waals surface area contributed by atoms with E-state index in [-0.39, 0.29) is 5.91 Å². The number of para-hydroxylation sites is 1. The summed E-state index contributed by atoms with van der Waals surface area (Å²) in [7, 11) is 1.60. The van der Waals surface area contributed by atoms with E-state index in [1.807, 2.05) is 12.1 Å². The predicted molar refractivity (Wildman–Crippen MR) is 88.0 cm³/mol.